The van der Waals surface area contributed by atoms with Crippen LogP contribution in [0, 0.1) is 0 Å². The minimum atomic E-state index is -0.468. The zero-order valence-electron chi connectivity index (χ0n) is 11.4. The van der Waals surface area contributed by atoms with E-state index in [1.54, 1.807) is 6.20 Å². The maximum absolute atomic E-state index is 6.16. The van der Waals surface area contributed by atoms with Crippen molar-refractivity contribution in [1.29, 1.82) is 0 Å². The molecule has 0 spiro atoms. The Labute approximate surface area is 120 Å². The molecule has 0 radical (unpaired) electrons. The predicted octanol–water partition coefficient (Wildman–Crippen LogP) is 2.91. The Morgan fingerprint density at radius 2 is 1.89 bits per heavy atom. The lowest BCUT2D eigenvalue weighted by Crippen LogP contribution is -2.50. The normalized spacial score (nSPS) is 12.7. The van der Waals surface area contributed by atoms with Gasteiger partial charge < -0.3 is 10.3 Å². The van der Waals surface area contributed by atoms with Crippen LogP contribution in [0.5, 0.6) is 0 Å². The van der Waals surface area contributed by atoms with Gasteiger partial charge in [-0.2, -0.15) is 4.98 Å². The Hall–Kier alpha value is -1.27. The van der Waals surface area contributed by atoms with Gasteiger partial charge in [-0.25, -0.2) is 0 Å². The van der Waals surface area contributed by atoms with Gasteiger partial charge in [0.15, 0.2) is 0 Å². The van der Waals surface area contributed by atoms with Crippen molar-refractivity contribution in [2.45, 2.75) is 38.6 Å². The number of rotatable bonds is 3. The highest BCUT2D eigenvalue weighted by Gasteiger charge is 2.40. The van der Waals surface area contributed by atoms with E-state index < -0.39 is 11.0 Å². The van der Waals surface area contributed by atoms with Crippen molar-refractivity contribution in [3.63, 3.8) is 0 Å². The van der Waals surface area contributed by atoms with E-state index >= 15 is 0 Å². The van der Waals surface area contributed by atoms with Gasteiger partial charge in [-0.1, -0.05) is 5.16 Å². The summed E-state index contributed by atoms with van der Waals surface area (Å²) in [5, 5.41) is 3.98. The average molecular weight is 325 g/mol. The van der Waals surface area contributed by atoms with Crippen LogP contribution < -0.4 is 5.73 Å². The standard InChI is InChI=1S/C13H17BrN4O/c1-12(2,13(3,4)15)11-17-10(18-19-11)9-6-5-8(14)7-16-9/h5-7H,15H2,1-4H3. The lowest BCUT2D eigenvalue weighted by Gasteiger charge is -2.34. The van der Waals surface area contributed by atoms with Crippen molar-refractivity contribution < 1.29 is 4.52 Å². The first-order valence-corrected chi connectivity index (χ1v) is 6.76. The molecule has 0 saturated carbocycles. The van der Waals surface area contributed by atoms with Crippen LogP contribution in [0.15, 0.2) is 27.3 Å². The molecule has 102 valence electrons. The van der Waals surface area contributed by atoms with E-state index in [4.69, 9.17) is 10.3 Å². The van der Waals surface area contributed by atoms with E-state index in [0.717, 1.165) is 4.47 Å². The second kappa shape index (κ2) is 4.68. The lowest BCUT2D eigenvalue weighted by atomic mass is 9.75. The largest absolute Gasteiger partial charge is 0.338 e. The van der Waals surface area contributed by atoms with Gasteiger partial charge in [-0.15, -0.1) is 0 Å². The van der Waals surface area contributed by atoms with Gasteiger partial charge in [0.2, 0.25) is 11.7 Å². The van der Waals surface area contributed by atoms with Gasteiger partial charge in [0.1, 0.15) is 5.69 Å². The van der Waals surface area contributed by atoms with Crippen molar-refractivity contribution in [2.24, 2.45) is 5.73 Å². The summed E-state index contributed by atoms with van der Waals surface area (Å²) in [6.07, 6.45) is 1.70. The summed E-state index contributed by atoms with van der Waals surface area (Å²) in [5.74, 6) is 0.986. The molecule has 2 rings (SSSR count). The van der Waals surface area contributed by atoms with E-state index in [9.17, 15) is 0 Å². The molecule has 2 heterocycles. The summed E-state index contributed by atoms with van der Waals surface area (Å²) < 4.78 is 6.25. The Balaban J connectivity index is 2.37. The predicted molar refractivity (Wildman–Crippen MR) is 76.5 cm³/mol. The second-order valence-electron chi connectivity index (χ2n) is 5.63. The van der Waals surface area contributed by atoms with E-state index in [1.165, 1.54) is 0 Å². The van der Waals surface area contributed by atoms with Crippen LogP contribution >= 0.6 is 15.9 Å². The zero-order valence-corrected chi connectivity index (χ0v) is 13.0. The molecular weight excluding hydrogens is 308 g/mol. The fourth-order valence-corrected chi connectivity index (χ4v) is 1.60. The van der Waals surface area contributed by atoms with Gasteiger partial charge in [0, 0.05) is 16.2 Å². The number of nitrogens with zero attached hydrogens (tertiary/aromatic N) is 3. The highest BCUT2D eigenvalue weighted by atomic mass is 79.9. The van der Waals surface area contributed by atoms with Crippen molar-refractivity contribution in [3.8, 4) is 11.5 Å². The molecule has 0 saturated heterocycles. The molecule has 0 amide bonds. The van der Waals surface area contributed by atoms with Crippen LogP contribution in [0.25, 0.3) is 11.5 Å². The SMILES string of the molecule is CC(C)(N)C(C)(C)c1nc(-c2ccc(Br)cn2)no1. The third-order valence-corrected chi connectivity index (χ3v) is 4.00. The molecule has 0 fully saturated rings. The molecule has 2 aromatic heterocycles. The minimum absolute atomic E-state index is 0.423. The number of aromatic nitrogens is 3. The Morgan fingerprint density at radius 3 is 2.42 bits per heavy atom. The molecule has 0 aliphatic rings. The third-order valence-electron chi connectivity index (χ3n) is 3.53. The highest BCUT2D eigenvalue weighted by Crippen LogP contribution is 2.32. The molecule has 0 aromatic carbocycles. The highest BCUT2D eigenvalue weighted by molar-refractivity contribution is 9.10. The van der Waals surface area contributed by atoms with Gasteiger partial charge >= 0.3 is 0 Å². The monoisotopic (exact) mass is 324 g/mol. The molecule has 2 N–H and O–H groups in total. The summed E-state index contributed by atoms with van der Waals surface area (Å²) in [7, 11) is 0. The fourth-order valence-electron chi connectivity index (χ4n) is 1.37. The van der Waals surface area contributed by atoms with Crippen molar-refractivity contribution >= 4 is 15.9 Å². The Kier molecular flexibility index (Phi) is 3.49. The van der Waals surface area contributed by atoms with Crippen molar-refractivity contribution in [3.05, 3.63) is 28.7 Å². The first-order valence-electron chi connectivity index (χ1n) is 5.97. The van der Waals surface area contributed by atoms with E-state index in [2.05, 4.69) is 31.1 Å². The van der Waals surface area contributed by atoms with E-state index in [1.807, 2.05) is 39.8 Å². The third kappa shape index (κ3) is 2.69. The van der Waals surface area contributed by atoms with Crippen molar-refractivity contribution in [1.82, 2.24) is 15.1 Å². The minimum Gasteiger partial charge on any atom is -0.338 e. The smallest absolute Gasteiger partial charge is 0.234 e. The summed E-state index contributed by atoms with van der Waals surface area (Å²) in [6, 6.07) is 3.72. The van der Waals surface area contributed by atoms with Gasteiger partial charge in [-0.05, 0) is 55.8 Å². The Bertz CT molecular complexity index is 569. The van der Waals surface area contributed by atoms with E-state index in [-0.39, 0.29) is 0 Å². The van der Waals surface area contributed by atoms with E-state index in [0.29, 0.717) is 17.4 Å². The molecule has 0 atom stereocenters. The van der Waals surface area contributed by atoms with Crippen molar-refractivity contribution in [2.75, 3.05) is 0 Å². The molecule has 0 unspecified atom stereocenters. The molecule has 6 heteroatoms. The van der Waals surface area contributed by atoms with Gasteiger partial charge in [0.25, 0.3) is 0 Å². The molecule has 0 aliphatic carbocycles. The first-order chi connectivity index (χ1) is 8.72. The van der Waals surface area contributed by atoms with Gasteiger partial charge in [0.05, 0.1) is 5.41 Å². The van der Waals surface area contributed by atoms with Crippen LogP contribution in [0.4, 0.5) is 0 Å². The second-order valence-corrected chi connectivity index (χ2v) is 6.55. The van der Waals surface area contributed by atoms with Crippen LogP contribution in [0.3, 0.4) is 0 Å². The zero-order chi connectivity index (χ0) is 14.3. The molecular formula is C13H17BrN4O. The number of halogens is 1. The maximum atomic E-state index is 6.16. The fraction of sp³-hybridized carbons (Fsp3) is 0.462. The first kappa shape index (κ1) is 14.1. The maximum Gasteiger partial charge on any atom is 0.234 e. The molecule has 19 heavy (non-hydrogen) atoms. The Morgan fingerprint density at radius 1 is 1.21 bits per heavy atom. The lowest BCUT2D eigenvalue weighted by molar-refractivity contribution is 0.223. The molecule has 2 aromatic rings. The average Bonchev–Trinajstić information content (AvgIpc) is 2.78. The van der Waals surface area contributed by atoms with Crippen LogP contribution in [-0.2, 0) is 5.41 Å². The van der Waals surface area contributed by atoms with Crippen LogP contribution in [0.2, 0.25) is 0 Å². The molecule has 0 bridgehead atoms. The summed E-state index contributed by atoms with van der Waals surface area (Å²) in [5.41, 5.74) is 5.94. The number of hydrogen-bond acceptors (Lipinski definition) is 5. The summed E-state index contributed by atoms with van der Waals surface area (Å²) in [6.45, 7) is 7.85. The number of pyridine rings is 1. The number of nitrogens with two attached hydrogens (primary N) is 1. The number of hydrogen-bond donors (Lipinski definition) is 1. The summed E-state index contributed by atoms with van der Waals surface area (Å²) >= 11 is 3.34. The van der Waals surface area contributed by atoms with Gasteiger partial charge in [-0.3, -0.25) is 4.98 Å². The molecule has 5 nitrogen and oxygen atoms in total. The topological polar surface area (TPSA) is 77.8 Å². The quantitative estimate of drug-likeness (QED) is 0.939. The van der Waals surface area contributed by atoms with Crippen LogP contribution in [-0.4, -0.2) is 20.7 Å². The van der Waals surface area contributed by atoms with Crippen LogP contribution in [0.1, 0.15) is 33.6 Å². The molecule has 0 aliphatic heterocycles. The summed E-state index contributed by atoms with van der Waals surface area (Å²) in [4.78, 5) is 8.66.